The average Bonchev–Trinajstić information content (AvgIpc) is 2.55. The van der Waals surface area contributed by atoms with E-state index in [0.29, 0.717) is 10.8 Å². The lowest BCUT2D eigenvalue weighted by atomic mass is 10.1. The molecule has 2 rings (SSSR count). The Morgan fingerprint density at radius 1 is 1.09 bits per heavy atom. The number of carbonyl (C=O) groups is 3. The Hall–Kier alpha value is -2.15. The zero-order valence-electron chi connectivity index (χ0n) is 12.6. The lowest BCUT2D eigenvalue weighted by molar-refractivity contribution is -0.144. The molecule has 1 aliphatic rings. The molecule has 6 nitrogen and oxygen atoms in total. The number of thioether (sulfide) groups is 1. The van der Waals surface area contributed by atoms with Gasteiger partial charge in [0.05, 0.1) is 5.04 Å². The zero-order valence-corrected chi connectivity index (χ0v) is 13.5. The first-order chi connectivity index (χ1) is 10.5. The summed E-state index contributed by atoms with van der Waals surface area (Å²) in [5.41, 5.74) is 1.07. The number of nitrogens with zero attached hydrogens (tertiary/aromatic N) is 3. The van der Waals surface area contributed by atoms with Crippen molar-refractivity contribution in [2.45, 2.75) is 5.75 Å². The predicted molar refractivity (Wildman–Crippen MR) is 85.5 cm³/mol. The maximum absolute atomic E-state index is 12.3. The molecule has 0 aromatic heterocycles. The highest BCUT2D eigenvalue weighted by atomic mass is 32.2. The molecule has 1 aromatic rings. The molecular weight excluding hydrogens is 302 g/mol. The summed E-state index contributed by atoms with van der Waals surface area (Å²) >= 11 is 1.34. The minimum Gasteiger partial charge on any atom is -0.285 e. The lowest BCUT2D eigenvalue weighted by Crippen LogP contribution is -2.58. The second-order valence-corrected chi connectivity index (χ2v) is 5.84. The highest BCUT2D eigenvalue weighted by molar-refractivity contribution is 8.13. The summed E-state index contributed by atoms with van der Waals surface area (Å²) in [6, 6.07) is 9.09. The van der Waals surface area contributed by atoms with Gasteiger partial charge in [-0.05, 0) is 5.56 Å². The van der Waals surface area contributed by atoms with E-state index in [1.165, 1.54) is 25.9 Å². The maximum atomic E-state index is 12.3. The van der Waals surface area contributed by atoms with Crippen molar-refractivity contribution in [1.29, 1.82) is 0 Å². The summed E-state index contributed by atoms with van der Waals surface area (Å²) in [5, 5.41) is 0.421. The highest BCUT2D eigenvalue weighted by Crippen LogP contribution is 2.25. The number of amides is 4. The van der Waals surface area contributed by atoms with Crippen LogP contribution in [0.15, 0.2) is 35.3 Å². The fourth-order valence-corrected chi connectivity index (χ4v) is 3.13. The van der Waals surface area contributed by atoms with Crippen LogP contribution in [0.25, 0.3) is 0 Å². The molecular formula is C15H17N3O3S. The van der Waals surface area contributed by atoms with Gasteiger partial charge in [0.1, 0.15) is 0 Å². The van der Waals surface area contributed by atoms with Crippen molar-refractivity contribution in [2.24, 2.45) is 10.9 Å². The second kappa shape index (κ2) is 6.74. The van der Waals surface area contributed by atoms with E-state index in [1.54, 1.807) is 7.05 Å². The third kappa shape index (κ3) is 3.04. The number of imide groups is 2. The third-order valence-electron chi connectivity index (χ3n) is 3.43. The molecule has 1 heterocycles. The van der Waals surface area contributed by atoms with Gasteiger partial charge in [-0.15, -0.1) is 11.8 Å². The molecule has 7 heteroatoms. The number of barbiturate groups is 1. The maximum Gasteiger partial charge on any atom is 0.332 e. The molecule has 0 saturated carbocycles. The van der Waals surface area contributed by atoms with Crippen molar-refractivity contribution in [3.8, 4) is 0 Å². The molecule has 4 amide bonds. The van der Waals surface area contributed by atoms with Crippen molar-refractivity contribution < 1.29 is 14.4 Å². The first-order valence-corrected chi connectivity index (χ1v) is 7.68. The molecule has 1 aromatic carbocycles. The Kier molecular flexibility index (Phi) is 4.97. The van der Waals surface area contributed by atoms with Crippen molar-refractivity contribution >= 4 is 34.7 Å². The quantitative estimate of drug-likeness (QED) is 0.482. The van der Waals surface area contributed by atoms with Crippen molar-refractivity contribution in [3.05, 3.63) is 35.9 Å². The van der Waals surface area contributed by atoms with Crippen LogP contribution in [0.1, 0.15) is 5.56 Å². The van der Waals surface area contributed by atoms with Crippen molar-refractivity contribution in [3.63, 3.8) is 0 Å². The fraction of sp³-hybridized carbons (Fsp3) is 0.333. The second-order valence-electron chi connectivity index (χ2n) is 4.85. The van der Waals surface area contributed by atoms with Crippen LogP contribution in [-0.2, 0) is 15.3 Å². The number of carbonyl (C=O) groups excluding carboxylic acids is 3. The minimum absolute atomic E-state index is 0.421. The molecule has 0 aliphatic carbocycles. The molecule has 116 valence electrons. The Morgan fingerprint density at radius 3 is 2.14 bits per heavy atom. The summed E-state index contributed by atoms with van der Waals surface area (Å²) in [6.45, 7) is 0. The molecule has 1 fully saturated rings. The number of rotatable bonds is 3. The monoisotopic (exact) mass is 319 g/mol. The first-order valence-electron chi connectivity index (χ1n) is 6.70. The van der Waals surface area contributed by atoms with E-state index in [-0.39, 0.29) is 0 Å². The van der Waals surface area contributed by atoms with Crippen molar-refractivity contribution in [2.75, 3.05) is 21.1 Å². The van der Waals surface area contributed by atoms with E-state index < -0.39 is 23.8 Å². The van der Waals surface area contributed by atoms with Gasteiger partial charge in [0.2, 0.25) is 11.8 Å². The van der Waals surface area contributed by atoms with E-state index in [0.717, 1.165) is 15.4 Å². The topological polar surface area (TPSA) is 70.1 Å². The Bertz CT molecular complexity index is 606. The highest BCUT2D eigenvalue weighted by Gasteiger charge is 2.45. The van der Waals surface area contributed by atoms with Crippen LogP contribution in [0.5, 0.6) is 0 Å². The number of aliphatic imine (C=N–C) groups is 1. The molecule has 22 heavy (non-hydrogen) atoms. The molecule has 0 radical (unpaired) electrons. The lowest BCUT2D eigenvalue weighted by Gasteiger charge is -2.33. The van der Waals surface area contributed by atoms with Crippen LogP contribution in [0.3, 0.4) is 0 Å². The number of urea groups is 1. The van der Waals surface area contributed by atoms with Gasteiger partial charge in [0, 0.05) is 26.9 Å². The molecule has 0 bridgehead atoms. The van der Waals surface area contributed by atoms with Gasteiger partial charge in [0.15, 0.2) is 5.92 Å². The number of hydrogen-bond donors (Lipinski definition) is 0. The number of hydrogen-bond acceptors (Lipinski definition) is 5. The van der Waals surface area contributed by atoms with Gasteiger partial charge < -0.3 is 0 Å². The van der Waals surface area contributed by atoms with Gasteiger partial charge in [0.25, 0.3) is 0 Å². The summed E-state index contributed by atoms with van der Waals surface area (Å²) in [6.07, 6.45) is 0. The fourth-order valence-electron chi connectivity index (χ4n) is 2.13. The third-order valence-corrected chi connectivity index (χ3v) is 4.62. The van der Waals surface area contributed by atoms with Crippen LogP contribution >= 0.6 is 11.8 Å². The Labute approximate surface area is 133 Å². The summed E-state index contributed by atoms with van der Waals surface area (Å²) in [5.74, 6) is -1.50. The Balaban J connectivity index is 2.17. The molecule has 1 aliphatic heterocycles. The van der Waals surface area contributed by atoms with Gasteiger partial charge in [-0.1, -0.05) is 30.3 Å². The first kappa shape index (κ1) is 16.2. The minimum atomic E-state index is -1.04. The largest absolute Gasteiger partial charge is 0.332 e. The van der Waals surface area contributed by atoms with Crippen LogP contribution in [0.2, 0.25) is 0 Å². The molecule has 0 spiro atoms. The molecule has 0 N–H and O–H groups in total. The normalized spacial score (nSPS) is 17.4. The predicted octanol–water partition coefficient (Wildman–Crippen LogP) is 1.61. The molecule has 0 unspecified atom stereocenters. The van der Waals surface area contributed by atoms with E-state index in [1.807, 2.05) is 30.3 Å². The Morgan fingerprint density at radius 2 is 1.64 bits per heavy atom. The SMILES string of the molecule is CN=C(SCc1ccccc1)C1C(=O)N(C)C(=O)N(C)C1=O. The van der Waals surface area contributed by atoms with Crippen LogP contribution in [0, 0.1) is 5.92 Å². The van der Waals surface area contributed by atoms with Gasteiger partial charge in [-0.25, -0.2) is 4.79 Å². The standard InChI is InChI=1S/C15H17N3O3S/c1-16-12(22-9-10-7-5-4-6-8-10)11-13(19)17(2)15(21)18(3)14(11)20/h4-8,11H,9H2,1-3H3. The van der Waals surface area contributed by atoms with E-state index >= 15 is 0 Å². The zero-order chi connectivity index (χ0) is 16.3. The summed E-state index contributed by atoms with van der Waals surface area (Å²) in [4.78, 5) is 42.3. The average molecular weight is 319 g/mol. The van der Waals surface area contributed by atoms with Crippen LogP contribution in [-0.4, -0.2) is 53.8 Å². The van der Waals surface area contributed by atoms with E-state index in [2.05, 4.69) is 4.99 Å². The van der Waals surface area contributed by atoms with E-state index in [4.69, 9.17) is 0 Å². The summed E-state index contributed by atoms with van der Waals surface area (Å²) < 4.78 is 0. The van der Waals surface area contributed by atoms with Gasteiger partial charge in [-0.2, -0.15) is 0 Å². The van der Waals surface area contributed by atoms with Crippen molar-refractivity contribution in [1.82, 2.24) is 9.80 Å². The van der Waals surface area contributed by atoms with Gasteiger partial charge >= 0.3 is 6.03 Å². The molecule has 1 saturated heterocycles. The smallest absolute Gasteiger partial charge is 0.285 e. The van der Waals surface area contributed by atoms with Crippen LogP contribution < -0.4 is 0 Å². The van der Waals surface area contributed by atoms with Crippen LogP contribution in [0.4, 0.5) is 4.79 Å². The summed E-state index contributed by atoms with van der Waals surface area (Å²) in [7, 11) is 4.29. The van der Waals surface area contributed by atoms with Gasteiger partial charge in [-0.3, -0.25) is 24.4 Å². The number of benzene rings is 1. The molecule has 0 atom stereocenters. The van der Waals surface area contributed by atoms with E-state index in [9.17, 15) is 14.4 Å².